The van der Waals surface area contributed by atoms with Crippen LogP contribution in [0.15, 0.2) is 60.2 Å². The molecule has 33 heavy (non-hydrogen) atoms. The number of carbonyl (C=O) groups is 3. The zero-order chi connectivity index (χ0) is 24.0. The summed E-state index contributed by atoms with van der Waals surface area (Å²) in [6, 6.07) is 15.2. The van der Waals surface area contributed by atoms with E-state index in [1.165, 1.54) is 6.08 Å². The van der Waals surface area contributed by atoms with Crippen molar-refractivity contribution in [1.29, 1.82) is 0 Å². The molecule has 0 radical (unpaired) electrons. The summed E-state index contributed by atoms with van der Waals surface area (Å²) in [5.41, 5.74) is 4.90. The van der Waals surface area contributed by atoms with E-state index in [0.29, 0.717) is 12.0 Å². The van der Waals surface area contributed by atoms with Crippen molar-refractivity contribution in [2.75, 3.05) is 13.2 Å². The van der Waals surface area contributed by atoms with Crippen molar-refractivity contribution >= 4 is 18.0 Å². The molecule has 2 amide bonds. The van der Waals surface area contributed by atoms with Gasteiger partial charge in [-0.05, 0) is 35.1 Å². The molecule has 0 fully saturated rings. The molecule has 0 saturated carbocycles. The van der Waals surface area contributed by atoms with E-state index in [1.807, 2.05) is 31.2 Å². The summed E-state index contributed by atoms with van der Waals surface area (Å²) in [6.07, 6.45) is 1.58. The van der Waals surface area contributed by atoms with Gasteiger partial charge >= 0.3 is 12.1 Å². The zero-order valence-corrected chi connectivity index (χ0v) is 19.1. The average molecular weight is 451 g/mol. The Morgan fingerprint density at radius 2 is 1.64 bits per heavy atom. The van der Waals surface area contributed by atoms with Crippen LogP contribution in [0.2, 0.25) is 0 Å². The number of carboxylic acid groups (broad SMARTS) is 1. The monoisotopic (exact) mass is 450 g/mol. The molecule has 0 saturated heterocycles. The molecule has 0 aliphatic heterocycles. The van der Waals surface area contributed by atoms with Crippen LogP contribution >= 0.6 is 0 Å². The Morgan fingerprint density at radius 1 is 1.06 bits per heavy atom. The molecule has 3 rings (SSSR count). The van der Waals surface area contributed by atoms with Crippen LogP contribution < -0.4 is 10.6 Å². The average Bonchev–Trinajstić information content (AvgIpc) is 3.14. The molecule has 2 atom stereocenters. The number of carboxylic acids is 1. The second kappa shape index (κ2) is 10.8. The highest BCUT2D eigenvalue weighted by molar-refractivity contribution is 5.95. The first-order chi connectivity index (χ1) is 15.8. The van der Waals surface area contributed by atoms with Gasteiger partial charge in [-0.25, -0.2) is 9.59 Å². The summed E-state index contributed by atoms with van der Waals surface area (Å²) >= 11 is 0. The van der Waals surface area contributed by atoms with Crippen LogP contribution in [-0.4, -0.2) is 42.3 Å². The number of carbonyl (C=O) groups excluding carboxylic acids is 2. The molecule has 3 N–H and O–H groups in total. The molecular weight excluding hydrogens is 420 g/mol. The van der Waals surface area contributed by atoms with Gasteiger partial charge in [-0.2, -0.15) is 0 Å². The number of alkyl carbamates (subject to hydrolysis) is 1. The Labute approximate surface area is 193 Å². The molecule has 2 aromatic rings. The Bertz CT molecular complexity index is 1020. The number of hydrogen-bond donors (Lipinski definition) is 3. The number of hydrogen-bond acceptors (Lipinski definition) is 4. The smallest absolute Gasteiger partial charge is 0.407 e. The van der Waals surface area contributed by atoms with E-state index in [9.17, 15) is 19.5 Å². The fraction of sp³-hybridized carbons (Fsp3) is 0.346. The van der Waals surface area contributed by atoms with Crippen molar-refractivity contribution in [3.63, 3.8) is 0 Å². The third-order valence-electron chi connectivity index (χ3n) is 6.12. The first-order valence-corrected chi connectivity index (χ1v) is 11.1. The first-order valence-electron chi connectivity index (χ1n) is 11.1. The predicted octanol–water partition coefficient (Wildman–Crippen LogP) is 4.09. The van der Waals surface area contributed by atoms with E-state index < -0.39 is 24.0 Å². The molecule has 1 unspecified atom stereocenters. The van der Waals surface area contributed by atoms with Gasteiger partial charge in [0.25, 0.3) is 0 Å². The lowest BCUT2D eigenvalue weighted by Gasteiger charge is -2.20. The Morgan fingerprint density at radius 3 is 2.18 bits per heavy atom. The molecule has 2 aromatic carbocycles. The second-order valence-electron chi connectivity index (χ2n) is 8.27. The zero-order valence-electron chi connectivity index (χ0n) is 19.1. The van der Waals surface area contributed by atoms with Gasteiger partial charge in [-0.3, -0.25) is 4.79 Å². The van der Waals surface area contributed by atoms with Crippen molar-refractivity contribution in [3.8, 4) is 11.1 Å². The van der Waals surface area contributed by atoms with Gasteiger partial charge in [0.05, 0.1) is 0 Å². The maximum Gasteiger partial charge on any atom is 0.407 e. The van der Waals surface area contributed by atoms with Gasteiger partial charge in [0.15, 0.2) is 0 Å². The summed E-state index contributed by atoms with van der Waals surface area (Å²) in [5, 5.41) is 14.5. The van der Waals surface area contributed by atoms with Gasteiger partial charge < -0.3 is 20.5 Å². The normalized spacial score (nSPS) is 14.6. The third kappa shape index (κ3) is 5.61. The van der Waals surface area contributed by atoms with Gasteiger partial charge in [-0.1, -0.05) is 74.9 Å². The van der Waals surface area contributed by atoms with E-state index in [0.717, 1.165) is 22.3 Å². The van der Waals surface area contributed by atoms with Crippen molar-refractivity contribution in [2.45, 2.75) is 39.2 Å². The first kappa shape index (κ1) is 24.0. The van der Waals surface area contributed by atoms with Crippen LogP contribution in [0.3, 0.4) is 0 Å². The topological polar surface area (TPSA) is 105 Å². The summed E-state index contributed by atoms with van der Waals surface area (Å²) < 4.78 is 5.47. The number of rotatable bonds is 9. The van der Waals surface area contributed by atoms with Crippen molar-refractivity contribution in [3.05, 3.63) is 71.3 Å². The number of fused-ring (bicyclic) bond motifs is 3. The summed E-state index contributed by atoms with van der Waals surface area (Å²) in [7, 11) is 0. The van der Waals surface area contributed by atoms with Crippen LogP contribution in [0.5, 0.6) is 0 Å². The molecule has 0 aromatic heterocycles. The quantitative estimate of drug-likeness (QED) is 0.499. The molecule has 0 heterocycles. The second-order valence-corrected chi connectivity index (χ2v) is 8.27. The Balaban J connectivity index is 1.52. The predicted molar refractivity (Wildman–Crippen MR) is 126 cm³/mol. The summed E-state index contributed by atoms with van der Waals surface area (Å²) in [6.45, 7) is 5.52. The lowest BCUT2D eigenvalue weighted by molar-refractivity contribution is -0.142. The maximum absolute atomic E-state index is 12.3. The molecule has 1 aliphatic rings. The third-order valence-corrected chi connectivity index (χ3v) is 6.12. The van der Waals surface area contributed by atoms with Crippen LogP contribution in [0, 0.1) is 5.92 Å². The minimum absolute atomic E-state index is 0.0280. The molecular formula is C26H30N2O5. The molecule has 7 heteroatoms. The number of amides is 2. The number of aliphatic carboxylic acids is 1. The van der Waals surface area contributed by atoms with E-state index in [2.05, 4.69) is 34.9 Å². The van der Waals surface area contributed by atoms with Crippen molar-refractivity contribution in [1.82, 2.24) is 10.6 Å². The number of ether oxygens (including phenoxy) is 1. The largest absolute Gasteiger partial charge is 0.480 e. The molecule has 1 aliphatic carbocycles. The van der Waals surface area contributed by atoms with E-state index in [4.69, 9.17) is 4.74 Å². The van der Waals surface area contributed by atoms with Crippen LogP contribution in [0.4, 0.5) is 4.79 Å². The Kier molecular flexibility index (Phi) is 7.87. The maximum atomic E-state index is 12.3. The standard InChI is InChI=1S/C26H30N2O5/c1-4-16(2)23(25(30)31)28-24(29)17(3)13-14-27-26(32)33-15-22-20-11-7-5-9-18(20)19-10-6-8-12-21(19)22/h5-13,16,22-23H,4,14-15H2,1-3H3,(H,27,32)(H,28,29)(H,30,31)/b17-13+/t16?,23-/m0/s1. The highest BCUT2D eigenvalue weighted by Crippen LogP contribution is 2.44. The molecule has 174 valence electrons. The van der Waals surface area contributed by atoms with Gasteiger partial charge in [0, 0.05) is 18.0 Å². The van der Waals surface area contributed by atoms with Crippen molar-refractivity contribution in [2.24, 2.45) is 5.92 Å². The number of nitrogens with one attached hydrogen (secondary N) is 2. The minimum atomic E-state index is -1.07. The Hall–Kier alpha value is -3.61. The fourth-order valence-corrected chi connectivity index (χ4v) is 3.97. The van der Waals surface area contributed by atoms with E-state index in [1.54, 1.807) is 13.8 Å². The van der Waals surface area contributed by atoms with Crippen LogP contribution in [0.1, 0.15) is 44.2 Å². The van der Waals surface area contributed by atoms with Gasteiger partial charge in [0.2, 0.25) is 5.91 Å². The minimum Gasteiger partial charge on any atom is -0.480 e. The fourth-order valence-electron chi connectivity index (χ4n) is 3.97. The molecule has 0 bridgehead atoms. The van der Waals surface area contributed by atoms with Gasteiger partial charge in [0.1, 0.15) is 12.6 Å². The van der Waals surface area contributed by atoms with Gasteiger partial charge in [-0.15, -0.1) is 0 Å². The summed E-state index contributed by atoms with van der Waals surface area (Å²) in [4.78, 5) is 35.9. The van der Waals surface area contributed by atoms with Crippen molar-refractivity contribution < 1.29 is 24.2 Å². The lowest BCUT2D eigenvalue weighted by Crippen LogP contribution is -2.45. The molecule has 0 spiro atoms. The summed E-state index contributed by atoms with van der Waals surface area (Å²) in [5.74, 6) is -1.77. The molecule has 7 nitrogen and oxygen atoms in total. The number of benzene rings is 2. The SMILES string of the molecule is CCC(C)[C@H](NC(=O)/C(C)=C/CNC(=O)OCC1c2ccccc2-c2ccccc21)C(=O)O. The van der Waals surface area contributed by atoms with Crippen LogP contribution in [-0.2, 0) is 14.3 Å². The van der Waals surface area contributed by atoms with E-state index in [-0.39, 0.29) is 25.0 Å². The lowest BCUT2D eigenvalue weighted by atomic mass is 9.98. The highest BCUT2D eigenvalue weighted by atomic mass is 16.5. The van der Waals surface area contributed by atoms with E-state index >= 15 is 0 Å². The van der Waals surface area contributed by atoms with Crippen LogP contribution in [0.25, 0.3) is 11.1 Å². The highest BCUT2D eigenvalue weighted by Gasteiger charge is 2.29.